The molecule has 0 N–H and O–H groups in total. The second-order valence-corrected chi connectivity index (χ2v) is 8.16. The van der Waals surface area contributed by atoms with Crippen LogP contribution in [-0.4, -0.2) is 18.5 Å². The van der Waals surface area contributed by atoms with Crippen LogP contribution < -0.4 is 26.9 Å². The van der Waals surface area contributed by atoms with Crippen molar-refractivity contribution in [3.63, 3.8) is 0 Å². The van der Waals surface area contributed by atoms with Gasteiger partial charge in [-0.3, -0.25) is 9.84 Å². The van der Waals surface area contributed by atoms with Crippen LogP contribution >= 0.6 is 0 Å². The number of nitrogens with zero attached hydrogens (tertiary/aromatic N) is 2. The van der Waals surface area contributed by atoms with E-state index in [-0.39, 0.29) is 13.7 Å². The molecule has 3 aliphatic heterocycles. The van der Waals surface area contributed by atoms with E-state index in [0.717, 1.165) is 11.2 Å². The number of para-hydroxylation sites is 2. The van der Waals surface area contributed by atoms with E-state index < -0.39 is 0 Å². The van der Waals surface area contributed by atoms with Crippen LogP contribution in [0.25, 0.3) is 21.9 Å². The van der Waals surface area contributed by atoms with Gasteiger partial charge in [0.15, 0.2) is 0 Å². The first-order valence-corrected chi connectivity index (χ1v) is 10.1. The van der Waals surface area contributed by atoms with E-state index >= 15 is 0 Å². The molecular weight excluding hydrogens is 354 g/mol. The fourth-order valence-electron chi connectivity index (χ4n) is 5.86. The van der Waals surface area contributed by atoms with Crippen molar-refractivity contribution < 1.29 is 4.42 Å². The molecule has 0 spiro atoms. The van der Waals surface area contributed by atoms with Crippen molar-refractivity contribution in [2.45, 2.75) is 0 Å². The fraction of sp³-hybridized carbons (Fsp3) is 0. The number of hydrogen-bond donors (Lipinski definition) is 0. The highest BCUT2D eigenvalue weighted by molar-refractivity contribution is 7.03. The molecule has 8 rings (SSSR count). The van der Waals surface area contributed by atoms with Crippen molar-refractivity contribution in [2.24, 2.45) is 0 Å². The van der Waals surface area contributed by atoms with Gasteiger partial charge in [-0.05, 0) is 46.1 Å². The normalized spacial score (nSPS) is 15.9. The molecule has 1 aromatic heterocycles. The first-order valence-electron chi connectivity index (χ1n) is 10.1. The highest BCUT2D eigenvalue weighted by Gasteiger charge is 2.54. The monoisotopic (exact) mass is 368 g/mol. The lowest BCUT2D eigenvalue weighted by Gasteiger charge is -2.30. The summed E-state index contributed by atoms with van der Waals surface area (Å²) in [4.78, 5) is 2.58. The lowest BCUT2D eigenvalue weighted by molar-refractivity contribution is 0.669. The lowest BCUT2D eigenvalue weighted by atomic mass is 9.41. The minimum absolute atomic E-state index is 0.167. The Balaban J connectivity index is 1.63. The minimum atomic E-state index is 0.167. The Morgan fingerprint density at radius 1 is 0.517 bits per heavy atom. The predicted octanol–water partition coefficient (Wildman–Crippen LogP) is 2.49. The second-order valence-electron chi connectivity index (χ2n) is 8.16. The molecule has 3 aliphatic rings. The van der Waals surface area contributed by atoms with Gasteiger partial charge in [-0.2, -0.15) is 0 Å². The van der Waals surface area contributed by atoms with E-state index in [1.54, 1.807) is 0 Å². The molecule has 0 amide bonds. The molecule has 132 valence electrons. The maximum atomic E-state index is 6.31. The molecule has 5 heteroatoms. The van der Waals surface area contributed by atoms with Gasteiger partial charge in [0.25, 0.3) is 0 Å². The number of furan rings is 1. The lowest BCUT2D eigenvalue weighted by Crippen LogP contribution is -2.63. The third kappa shape index (κ3) is 1.53. The molecule has 3 nitrogen and oxygen atoms in total. The summed E-state index contributed by atoms with van der Waals surface area (Å²) in [5, 5.41) is 4.99. The van der Waals surface area contributed by atoms with Crippen LogP contribution in [0.2, 0.25) is 0 Å². The summed E-state index contributed by atoms with van der Waals surface area (Å²) in [7, 11) is 0. The van der Waals surface area contributed by atoms with E-state index in [0.29, 0.717) is 0 Å². The molecule has 0 radical (unpaired) electrons. The van der Waals surface area contributed by atoms with Gasteiger partial charge in [0, 0.05) is 10.8 Å². The zero-order chi connectivity index (χ0) is 18.7. The first-order chi connectivity index (χ1) is 14.4. The number of benzene rings is 4. The average molecular weight is 368 g/mol. The van der Waals surface area contributed by atoms with Crippen LogP contribution in [0.3, 0.4) is 0 Å². The Morgan fingerprint density at radius 3 is 1.55 bits per heavy atom. The molecule has 29 heavy (non-hydrogen) atoms. The summed E-state index contributed by atoms with van der Waals surface area (Å²) in [5.41, 5.74) is 9.92. The van der Waals surface area contributed by atoms with Crippen molar-refractivity contribution in [3.05, 3.63) is 84.9 Å². The summed E-state index contributed by atoms with van der Waals surface area (Å²) in [6, 6.07) is 30.7. The van der Waals surface area contributed by atoms with Crippen molar-refractivity contribution in [1.29, 1.82) is 0 Å². The Morgan fingerprint density at radius 2 is 1.00 bits per heavy atom. The maximum Gasteiger partial charge on any atom is 0.303 e. The predicted molar refractivity (Wildman–Crippen MR) is 121 cm³/mol. The van der Waals surface area contributed by atoms with Crippen LogP contribution in [-0.2, 0) is 0 Å². The molecule has 0 bridgehead atoms. The number of hydrazine groups is 1. The maximum absolute atomic E-state index is 6.31. The standard InChI is InChI=1S/C24H14B2N2O/c1-3-11-19-15(7-1)25-17-9-5-13-21-23(17)24-18(10-6-14-22(24)29-21)26-16-8-2-4-12-20(16)27(19)28(25)26/h1-14H. The number of fused-ring (bicyclic) bond motifs is 8. The Labute approximate surface area is 168 Å². The van der Waals surface area contributed by atoms with Gasteiger partial charge in [0.2, 0.25) is 0 Å². The molecule has 4 heterocycles. The van der Waals surface area contributed by atoms with Crippen molar-refractivity contribution in [3.8, 4) is 0 Å². The quantitative estimate of drug-likeness (QED) is 0.392. The smallest absolute Gasteiger partial charge is 0.303 e. The Bertz CT molecular complexity index is 1400. The van der Waals surface area contributed by atoms with Crippen LogP contribution in [0.15, 0.2) is 89.3 Å². The van der Waals surface area contributed by atoms with E-state index in [9.17, 15) is 0 Å². The SMILES string of the molecule is c1ccc2c(c1)B1c3cccc4oc5cccc(c5c34)B3c4ccccc4N2N13. The van der Waals surface area contributed by atoms with E-state index in [1.165, 1.54) is 44.0 Å². The molecule has 0 saturated heterocycles. The summed E-state index contributed by atoms with van der Waals surface area (Å²) in [6.07, 6.45) is 0. The topological polar surface area (TPSA) is 19.6 Å². The van der Waals surface area contributed by atoms with Crippen LogP contribution in [0.4, 0.5) is 11.4 Å². The molecule has 4 aromatic carbocycles. The van der Waals surface area contributed by atoms with Gasteiger partial charge in [0.05, 0.1) is 11.4 Å². The molecule has 0 unspecified atom stereocenters. The molecule has 0 fully saturated rings. The summed E-state index contributed by atoms with van der Waals surface area (Å²) in [6.45, 7) is 0.334. The van der Waals surface area contributed by atoms with Crippen molar-refractivity contribution >= 4 is 68.9 Å². The van der Waals surface area contributed by atoms with Crippen molar-refractivity contribution in [1.82, 2.24) is 4.83 Å². The molecule has 5 aromatic rings. The molecule has 0 atom stereocenters. The summed E-state index contributed by atoms with van der Waals surface area (Å²) in [5.74, 6) is 0. The summed E-state index contributed by atoms with van der Waals surface area (Å²) < 4.78 is 6.31. The number of rotatable bonds is 0. The highest BCUT2D eigenvalue weighted by Crippen LogP contribution is 2.40. The van der Waals surface area contributed by atoms with Gasteiger partial charge in [-0.15, -0.1) is 0 Å². The zero-order valence-corrected chi connectivity index (χ0v) is 15.5. The number of anilines is 2. The average Bonchev–Trinajstić information content (AvgIpc) is 3.37. The molecule has 0 saturated carbocycles. The van der Waals surface area contributed by atoms with Gasteiger partial charge in [-0.1, -0.05) is 60.7 Å². The van der Waals surface area contributed by atoms with Gasteiger partial charge in [0.1, 0.15) is 11.2 Å². The molecule has 0 aliphatic carbocycles. The van der Waals surface area contributed by atoms with Crippen molar-refractivity contribution in [2.75, 3.05) is 5.01 Å². The summed E-state index contributed by atoms with van der Waals surface area (Å²) >= 11 is 0. The van der Waals surface area contributed by atoms with Gasteiger partial charge < -0.3 is 4.42 Å². The van der Waals surface area contributed by atoms with Crippen LogP contribution in [0.1, 0.15) is 0 Å². The Hall–Kier alpha value is -3.43. The van der Waals surface area contributed by atoms with Crippen LogP contribution in [0, 0.1) is 0 Å². The fourth-order valence-corrected chi connectivity index (χ4v) is 5.86. The van der Waals surface area contributed by atoms with Gasteiger partial charge >= 0.3 is 13.7 Å². The van der Waals surface area contributed by atoms with E-state index in [1.807, 2.05) is 0 Å². The zero-order valence-electron chi connectivity index (χ0n) is 15.5. The Kier molecular flexibility index (Phi) is 2.39. The largest absolute Gasteiger partial charge is 0.456 e. The van der Waals surface area contributed by atoms with E-state index in [2.05, 4.69) is 94.8 Å². The third-order valence-electron chi connectivity index (χ3n) is 6.86. The minimum Gasteiger partial charge on any atom is -0.456 e. The first kappa shape index (κ1) is 14.6. The third-order valence-corrected chi connectivity index (χ3v) is 6.86. The highest BCUT2D eigenvalue weighted by atomic mass is 16.3. The van der Waals surface area contributed by atoms with Crippen LogP contribution in [0.5, 0.6) is 0 Å². The second kappa shape index (κ2) is 4.76. The number of hydrogen-bond acceptors (Lipinski definition) is 3. The van der Waals surface area contributed by atoms with Gasteiger partial charge in [-0.25, -0.2) is 0 Å². The van der Waals surface area contributed by atoms with E-state index in [4.69, 9.17) is 4.42 Å². The molecular formula is C24H14B2N2O.